The smallest absolute Gasteiger partial charge is 0.329 e. The highest BCUT2D eigenvalue weighted by atomic mass is 16.5. The Balaban J connectivity index is 1.73. The molecule has 0 saturated heterocycles. The van der Waals surface area contributed by atoms with E-state index in [2.05, 4.69) is 10.5 Å². The zero-order valence-corrected chi connectivity index (χ0v) is 15.8. The lowest BCUT2D eigenvalue weighted by Gasteiger charge is -2.18. The predicted molar refractivity (Wildman–Crippen MR) is 104 cm³/mol. The molecule has 1 N–H and O–H groups in total. The molecule has 2 aromatic carbocycles. The first-order valence-electron chi connectivity index (χ1n) is 9.03. The van der Waals surface area contributed by atoms with Gasteiger partial charge in [0.15, 0.2) is 0 Å². The molecule has 1 heterocycles. The van der Waals surface area contributed by atoms with E-state index in [0.29, 0.717) is 23.4 Å². The fourth-order valence-electron chi connectivity index (χ4n) is 2.83. The van der Waals surface area contributed by atoms with Gasteiger partial charge >= 0.3 is 5.97 Å². The van der Waals surface area contributed by atoms with Crippen LogP contribution in [0.2, 0.25) is 0 Å². The molecule has 0 spiro atoms. The molecular formula is C22H22N2O4. The van der Waals surface area contributed by atoms with Crippen LogP contribution in [0.15, 0.2) is 65.2 Å². The van der Waals surface area contributed by atoms with Crippen molar-refractivity contribution in [1.29, 1.82) is 0 Å². The van der Waals surface area contributed by atoms with E-state index in [0.717, 1.165) is 11.1 Å². The number of rotatable bonds is 7. The quantitative estimate of drug-likeness (QED) is 0.638. The fraction of sp³-hybridized carbons (Fsp3) is 0.227. The van der Waals surface area contributed by atoms with Crippen molar-refractivity contribution in [2.75, 3.05) is 0 Å². The number of hydrogen-bond acceptors (Lipinski definition) is 5. The van der Waals surface area contributed by atoms with E-state index in [1.54, 1.807) is 38.1 Å². The van der Waals surface area contributed by atoms with E-state index in [1.165, 1.54) is 0 Å². The van der Waals surface area contributed by atoms with Gasteiger partial charge in [0, 0.05) is 12.0 Å². The van der Waals surface area contributed by atoms with Crippen LogP contribution in [0.4, 0.5) is 0 Å². The van der Waals surface area contributed by atoms with Crippen LogP contribution in [-0.2, 0) is 22.6 Å². The van der Waals surface area contributed by atoms with Crippen molar-refractivity contribution in [2.24, 2.45) is 0 Å². The van der Waals surface area contributed by atoms with Crippen LogP contribution < -0.4 is 5.32 Å². The van der Waals surface area contributed by atoms with Crippen molar-refractivity contribution >= 4 is 11.9 Å². The molecule has 6 heteroatoms. The summed E-state index contributed by atoms with van der Waals surface area (Å²) in [5.74, 6) is -0.220. The SMILES string of the molecule is Cc1noc(C)c1COC(=O)C(Cc1ccccc1)NC(=O)c1ccccc1. The van der Waals surface area contributed by atoms with Gasteiger partial charge in [0.05, 0.1) is 11.3 Å². The van der Waals surface area contributed by atoms with Crippen molar-refractivity contribution in [3.63, 3.8) is 0 Å². The highest BCUT2D eigenvalue weighted by molar-refractivity contribution is 5.96. The molecule has 1 amide bonds. The number of carbonyl (C=O) groups is 2. The molecule has 1 atom stereocenters. The van der Waals surface area contributed by atoms with Crippen molar-refractivity contribution in [1.82, 2.24) is 10.5 Å². The van der Waals surface area contributed by atoms with Gasteiger partial charge in [-0.1, -0.05) is 53.7 Å². The minimum Gasteiger partial charge on any atom is -0.459 e. The second-order valence-corrected chi connectivity index (χ2v) is 6.49. The maximum atomic E-state index is 12.7. The van der Waals surface area contributed by atoms with Gasteiger partial charge in [0.25, 0.3) is 5.91 Å². The van der Waals surface area contributed by atoms with Gasteiger partial charge in [-0.05, 0) is 31.5 Å². The summed E-state index contributed by atoms with van der Waals surface area (Å²) in [6.07, 6.45) is 0.333. The lowest BCUT2D eigenvalue weighted by molar-refractivity contribution is -0.147. The number of aryl methyl sites for hydroxylation is 2. The molecule has 0 radical (unpaired) electrons. The zero-order valence-electron chi connectivity index (χ0n) is 15.8. The Morgan fingerprint density at radius 3 is 2.29 bits per heavy atom. The van der Waals surface area contributed by atoms with Gasteiger partial charge in [-0.25, -0.2) is 4.79 Å². The van der Waals surface area contributed by atoms with Crippen molar-refractivity contribution in [3.05, 3.63) is 88.8 Å². The minimum atomic E-state index is -0.810. The molecule has 1 aromatic heterocycles. The summed E-state index contributed by atoms with van der Waals surface area (Å²) in [7, 11) is 0. The van der Waals surface area contributed by atoms with Crippen LogP contribution in [0, 0.1) is 13.8 Å². The summed E-state index contributed by atoms with van der Waals surface area (Å²) in [5.41, 5.74) is 2.83. The summed E-state index contributed by atoms with van der Waals surface area (Å²) in [5, 5.41) is 6.65. The Kier molecular flexibility index (Phi) is 6.22. The Labute approximate surface area is 163 Å². The van der Waals surface area contributed by atoms with Crippen LogP contribution in [0.3, 0.4) is 0 Å². The number of esters is 1. The Hall–Kier alpha value is -3.41. The molecule has 0 bridgehead atoms. The lowest BCUT2D eigenvalue weighted by Crippen LogP contribution is -2.43. The minimum absolute atomic E-state index is 0.0481. The van der Waals surface area contributed by atoms with Gasteiger partial charge in [0.2, 0.25) is 0 Å². The number of nitrogens with zero attached hydrogens (tertiary/aromatic N) is 1. The Bertz CT molecular complexity index is 916. The van der Waals surface area contributed by atoms with Crippen LogP contribution >= 0.6 is 0 Å². The summed E-state index contributed by atoms with van der Waals surface area (Å²) in [6.45, 7) is 3.60. The second-order valence-electron chi connectivity index (χ2n) is 6.49. The normalized spacial score (nSPS) is 11.6. The van der Waals surface area contributed by atoms with Crippen molar-refractivity contribution < 1.29 is 18.8 Å². The van der Waals surface area contributed by atoms with E-state index in [1.807, 2.05) is 36.4 Å². The molecule has 28 heavy (non-hydrogen) atoms. The number of aromatic nitrogens is 1. The number of nitrogens with one attached hydrogen (secondary N) is 1. The van der Waals surface area contributed by atoms with Crippen LogP contribution in [0.1, 0.15) is 32.9 Å². The van der Waals surface area contributed by atoms with Gasteiger partial charge in [0.1, 0.15) is 18.4 Å². The summed E-state index contributed by atoms with van der Waals surface area (Å²) >= 11 is 0. The molecule has 0 aliphatic carbocycles. The molecule has 3 rings (SSSR count). The topological polar surface area (TPSA) is 81.4 Å². The average molecular weight is 378 g/mol. The first-order chi connectivity index (χ1) is 13.5. The summed E-state index contributed by atoms with van der Waals surface area (Å²) < 4.78 is 10.6. The van der Waals surface area contributed by atoms with Crippen LogP contribution in [0.25, 0.3) is 0 Å². The van der Waals surface area contributed by atoms with Crippen LogP contribution in [0.5, 0.6) is 0 Å². The highest BCUT2D eigenvalue weighted by Gasteiger charge is 2.24. The third kappa shape index (κ3) is 4.85. The molecule has 6 nitrogen and oxygen atoms in total. The maximum Gasteiger partial charge on any atom is 0.329 e. The first-order valence-corrected chi connectivity index (χ1v) is 9.03. The second kappa shape index (κ2) is 8.99. The molecule has 0 saturated carbocycles. The monoisotopic (exact) mass is 378 g/mol. The standard InChI is InChI=1S/C22H22N2O4/c1-15-19(16(2)28-24-15)14-27-22(26)20(13-17-9-5-3-6-10-17)23-21(25)18-11-7-4-8-12-18/h3-12,20H,13-14H2,1-2H3,(H,23,25). The highest BCUT2D eigenvalue weighted by Crippen LogP contribution is 2.14. The van der Waals surface area contributed by atoms with E-state index in [4.69, 9.17) is 9.26 Å². The van der Waals surface area contributed by atoms with E-state index < -0.39 is 12.0 Å². The zero-order chi connectivity index (χ0) is 19.9. The van der Waals surface area contributed by atoms with Gasteiger partial charge in [-0.2, -0.15) is 0 Å². The summed E-state index contributed by atoms with van der Waals surface area (Å²) in [6, 6.07) is 17.5. The van der Waals surface area contributed by atoms with E-state index >= 15 is 0 Å². The largest absolute Gasteiger partial charge is 0.459 e. The third-order valence-electron chi connectivity index (χ3n) is 4.45. The maximum absolute atomic E-state index is 12.7. The molecule has 0 fully saturated rings. The summed E-state index contributed by atoms with van der Waals surface area (Å²) in [4.78, 5) is 25.3. The Morgan fingerprint density at radius 1 is 1.04 bits per heavy atom. The fourth-order valence-corrected chi connectivity index (χ4v) is 2.83. The van der Waals surface area contributed by atoms with Gasteiger partial charge in [-0.3, -0.25) is 4.79 Å². The third-order valence-corrected chi connectivity index (χ3v) is 4.45. The van der Waals surface area contributed by atoms with E-state index in [-0.39, 0.29) is 12.5 Å². The molecular weight excluding hydrogens is 356 g/mol. The first kappa shape index (κ1) is 19.4. The molecule has 0 aliphatic rings. The number of ether oxygens (including phenoxy) is 1. The van der Waals surface area contributed by atoms with Crippen molar-refractivity contribution in [2.45, 2.75) is 32.9 Å². The Morgan fingerprint density at radius 2 is 1.68 bits per heavy atom. The predicted octanol–water partition coefficient (Wildman–Crippen LogP) is 3.38. The number of carbonyl (C=O) groups excluding carboxylic acids is 2. The number of amides is 1. The van der Waals surface area contributed by atoms with Gasteiger partial charge in [-0.15, -0.1) is 0 Å². The van der Waals surface area contributed by atoms with E-state index in [9.17, 15) is 9.59 Å². The number of benzene rings is 2. The lowest BCUT2D eigenvalue weighted by atomic mass is 10.1. The molecule has 0 aliphatic heterocycles. The number of hydrogen-bond donors (Lipinski definition) is 1. The average Bonchev–Trinajstić information content (AvgIpc) is 3.04. The van der Waals surface area contributed by atoms with Crippen LogP contribution in [-0.4, -0.2) is 23.1 Å². The van der Waals surface area contributed by atoms with Gasteiger partial charge < -0.3 is 14.6 Å². The van der Waals surface area contributed by atoms with Crippen molar-refractivity contribution in [3.8, 4) is 0 Å². The molecule has 3 aromatic rings. The molecule has 144 valence electrons. The molecule has 1 unspecified atom stereocenters.